The lowest BCUT2D eigenvalue weighted by molar-refractivity contribution is -0.119. The van der Waals surface area contributed by atoms with Gasteiger partial charge in [-0.3, -0.25) is 19.3 Å². The van der Waals surface area contributed by atoms with E-state index in [1.54, 1.807) is 16.9 Å². The van der Waals surface area contributed by atoms with Gasteiger partial charge in [0.25, 0.3) is 5.91 Å². The summed E-state index contributed by atoms with van der Waals surface area (Å²) in [4.78, 5) is 30.8. The predicted molar refractivity (Wildman–Crippen MR) is 97.4 cm³/mol. The van der Waals surface area contributed by atoms with Crippen molar-refractivity contribution in [2.24, 2.45) is 0 Å². The molecule has 0 spiro atoms. The molecule has 1 fully saturated rings. The zero-order valence-corrected chi connectivity index (χ0v) is 15.5. The molecular formula is C19H25N5O2. The van der Waals surface area contributed by atoms with Crippen LogP contribution in [0.3, 0.4) is 0 Å². The molecule has 138 valence electrons. The van der Waals surface area contributed by atoms with Crippen molar-refractivity contribution in [1.29, 1.82) is 0 Å². The summed E-state index contributed by atoms with van der Waals surface area (Å²) in [6, 6.07) is 7.62. The topological polar surface area (TPSA) is 80.1 Å². The highest BCUT2D eigenvalue weighted by Gasteiger charge is 2.33. The van der Waals surface area contributed by atoms with E-state index in [4.69, 9.17) is 0 Å². The van der Waals surface area contributed by atoms with Gasteiger partial charge in [0.1, 0.15) is 5.69 Å². The standard InChI is InChI=1S/C19H25N5O2/c1-13(2)24-18(9-10-21-24)19(26)23-11-5-8-17(23)16-7-4-6-15(22-16)12-20-14(3)25/h4,6-7,9-10,13,17H,5,8,11-12H2,1-3H3,(H,20,25). The number of carbonyl (C=O) groups is 2. The molecule has 2 aromatic rings. The monoisotopic (exact) mass is 355 g/mol. The average molecular weight is 355 g/mol. The third-order valence-electron chi connectivity index (χ3n) is 4.58. The molecule has 0 saturated carbocycles. The third-order valence-corrected chi connectivity index (χ3v) is 4.58. The Morgan fingerprint density at radius 2 is 2.12 bits per heavy atom. The molecule has 0 radical (unpaired) electrons. The summed E-state index contributed by atoms with van der Waals surface area (Å²) in [6.45, 7) is 6.62. The van der Waals surface area contributed by atoms with Crippen molar-refractivity contribution < 1.29 is 9.59 Å². The fourth-order valence-corrected chi connectivity index (χ4v) is 3.36. The maximum atomic E-state index is 13.1. The minimum Gasteiger partial charge on any atom is -0.351 e. The highest BCUT2D eigenvalue weighted by atomic mass is 16.2. The number of rotatable bonds is 5. The minimum absolute atomic E-state index is 0.00670. The molecule has 0 bridgehead atoms. The number of nitrogens with one attached hydrogen (secondary N) is 1. The van der Waals surface area contributed by atoms with Gasteiger partial charge in [0.2, 0.25) is 5.91 Å². The van der Waals surface area contributed by atoms with Crippen molar-refractivity contribution in [1.82, 2.24) is 25.0 Å². The van der Waals surface area contributed by atoms with E-state index < -0.39 is 0 Å². The normalized spacial score (nSPS) is 16.9. The molecule has 1 aliphatic heterocycles. The molecule has 26 heavy (non-hydrogen) atoms. The van der Waals surface area contributed by atoms with Crippen LogP contribution in [-0.2, 0) is 11.3 Å². The van der Waals surface area contributed by atoms with Crippen LogP contribution in [-0.4, -0.2) is 38.0 Å². The van der Waals surface area contributed by atoms with Crippen molar-refractivity contribution in [3.8, 4) is 0 Å². The quantitative estimate of drug-likeness (QED) is 0.893. The number of hydrogen-bond donors (Lipinski definition) is 1. The van der Waals surface area contributed by atoms with Gasteiger partial charge in [-0.05, 0) is 44.9 Å². The Labute approximate surface area is 153 Å². The van der Waals surface area contributed by atoms with Crippen molar-refractivity contribution in [2.75, 3.05) is 6.54 Å². The number of hydrogen-bond acceptors (Lipinski definition) is 4. The molecule has 3 rings (SSSR count). The van der Waals surface area contributed by atoms with Crippen molar-refractivity contribution in [2.45, 2.75) is 52.2 Å². The van der Waals surface area contributed by atoms with E-state index in [9.17, 15) is 9.59 Å². The Balaban J connectivity index is 1.82. The predicted octanol–water partition coefficient (Wildman–Crippen LogP) is 2.47. The average Bonchev–Trinajstić information content (AvgIpc) is 3.29. The number of likely N-dealkylation sites (tertiary alicyclic amines) is 1. The molecule has 3 heterocycles. The molecule has 7 nitrogen and oxygen atoms in total. The highest BCUT2D eigenvalue weighted by molar-refractivity contribution is 5.93. The summed E-state index contributed by atoms with van der Waals surface area (Å²) < 4.78 is 1.76. The molecule has 1 unspecified atom stereocenters. The second-order valence-electron chi connectivity index (χ2n) is 6.87. The lowest BCUT2D eigenvalue weighted by atomic mass is 10.1. The second kappa shape index (κ2) is 7.68. The molecule has 2 amide bonds. The maximum absolute atomic E-state index is 13.1. The summed E-state index contributed by atoms with van der Waals surface area (Å²) in [5.41, 5.74) is 2.28. The van der Waals surface area contributed by atoms with Gasteiger partial charge in [-0.25, -0.2) is 0 Å². The van der Waals surface area contributed by atoms with Gasteiger partial charge < -0.3 is 10.2 Å². The summed E-state index contributed by atoms with van der Waals surface area (Å²) in [5, 5.41) is 7.04. The molecular weight excluding hydrogens is 330 g/mol. The first kappa shape index (κ1) is 18.1. The van der Waals surface area contributed by atoms with Gasteiger partial charge in [-0.1, -0.05) is 6.07 Å². The van der Waals surface area contributed by atoms with Crippen LogP contribution in [0.1, 0.15) is 67.6 Å². The zero-order chi connectivity index (χ0) is 18.7. The summed E-state index contributed by atoms with van der Waals surface area (Å²) >= 11 is 0. The summed E-state index contributed by atoms with van der Waals surface area (Å²) in [7, 11) is 0. The zero-order valence-electron chi connectivity index (χ0n) is 15.5. The van der Waals surface area contributed by atoms with Crippen molar-refractivity contribution in [3.63, 3.8) is 0 Å². The summed E-state index contributed by atoms with van der Waals surface area (Å²) in [5.74, 6) is -0.0930. The van der Waals surface area contributed by atoms with Gasteiger partial charge >= 0.3 is 0 Å². The molecule has 0 aliphatic carbocycles. The van der Waals surface area contributed by atoms with Crippen LogP contribution in [0.4, 0.5) is 0 Å². The molecule has 0 aromatic carbocycles. The van der Waals surface area contributed by atoms with Crippen LogP contribution in [0.2, 0.25) is 0 Å². The first-order chi connectivity index (χ1) is 12.5. The van der Waals surface area contributed by atoms with Gasteiger partial charge in [-0.2, -0.15) is 5.10 Å². The van der Waals surface area contributed by atoms with Gasteiger partial charge in [0, 0.05) is 25.7 Å². The maximum Gasteiger partial charge on any atom is 0.272 e. The van der Waals surface area contributed by atoms with Crippen LogP contribution in [0.25, 0.3) is 0 Å². The number of amides is 2. The van der Waals surface area contributed by atoms with Gasteiger partial charge in [-0.15, -0.1) is 0 Å². The molecule has 1 N–H and O–H groups in total. The van der Waals surface area contributed by atoms with E-state index >= 15 is 0 Å². The van der Waals surface area contributed by atoms with Crippen LogP contribution in [0.5, 0.6) is 0 Å². The van der Waals surface area contributed by atoms with E-state index in [1.807, 2.05) is 36.9 Å². The first-order valence-electron chi connectivity index (χ1n) is 9.02. The lowest BCUT2D eigenvalue weighted by Gasteiger charge is -2.25. The highest BCUT2D eigenvalue weighted by Crippen LogP contribution is 2.32. The molecule has 1 saturated heterocycles. The summed E-state index contributed by atoms with van der Waals surface area (Å²) in [6.07, 6.45) is 3.51. The van der Waals surface area contributed by atoms with Gasteiger partial charge in [0.15, 0.2) is 0 Å². The van der Waals surface area contributed by atoms with Gasteiger partial charge in [0.05, 0.1) is 24.0 Å². The number of pyridine rings is 1. The Morgan fingerprint density at radius 3 is 2.85 bits per heavy atom. The van der Waals surface area contributed by atoms with Crippen LogP contribution >= 0.6 is 0 Å². The minimum atomic E-state index is -0.0863. The van der Waals surface area contributed by atoms with E-state index in [2.05, 4.69) is 15.4 Å². The van der Waals surface area contributed by atoms with Crippen LogP contribution < -0.4 is 5.32 Å². The van der Waals surface area contributed by atoms with Crippen molar-refractivity contribution >= 4 is 11.8 Å². The van der Waals surface area contributed by atoms with Crippen LogP contribution in [0, 0.1) is 0 Å². The lowest BCUT2D eigenvalue weighted by Crippen LogP contribution is -2.33. The number of nitrogens with zero attached hydrogens (tertiary/aromatic N) is 4. The molecule has 1 aliphatic rings. The largest absolute Gasteiger partial charge is 0.351 e. The number of carbonyl (C=O) groups excluding carboxylic acids is 2. The smallest absolute Gasteiger partial charge is 0.272 e. The van der Waals surface area contributed by atoms with Crippen molar-refractivity contribution in [3.05, 3.63) is 47.5 Å². The SMILES string of the molecule is CC(=O)NCc1cccc(C2CCCN2C(=O)c2ccnn2C(C)C)n1. The number of aromatic nitrogens is 3. The van der Waals surface area contributed by atoms with E-state index in [1.165, 1.54) is 6.92 Å². The molecule has 7 heteroatoms. The Hall–Kier alpha value is -2.70. The fourth-order valence-electron chi connectivity index (χ4n) is 3.36. The van der Waals surface area contributed by atoms with E-state index in [-0.39, 0.29) is 23.9 Å². The third kappa shape index (κ3) is 3.76. The second-order valence-corrected chi connectivity index (χ2v) is 6.87. The molecule has 2 aromatic heterocycles. The first-order valence-corrected chi connectivity index (χ1v) is 9.02. The fraction of sp³-hybridized carbons (Fsp3) is 0.474. The van der Waals surface area contributed by atoms with E-state index in [0.717, 1.165) is 24.2 Å². The Kier molecular flexibility index (Phi) is 5.35. The Morgan fingerprint density at radius 1 is 1.31 bits per heavy atom. The Bertz CT molecular complexity index is 799. The van der Waals surface area contributed by atoms with Crippen LogP contribution in [0.15, 0.2) is 30.5 Å². The molecule has 1 atom stereocenters. The van der Waals surface area contributed by atoms with E-state index in [0.29, 0.717) is 18.8 Å².